The zero-order valence-corrected chi connectivity index (χ0v) is 11.9. The van der Waals surface area contributed by atoms with Crippen molar-refractivity contribution in [1.82, 2.24) is 9.97 Å². The number of esters is 1. The van der Waals surface area contributed by atoms with E-state index in [9.17, 15) is 4.79 Å². The zero-order valence-electron chi connectivity index (χ0n) is 11.9. The van der Waals surface area contributed by atoms with Crippen LogP contribution in [-0.4, -0.2) is 23.0 Å². The zero-order chi connectivity index (χ0) is 14.8. The van der Waals surface area contributed by atoms with Crippen LogP contribution in [0.5, 0.6) is 0 Å². The van der Waals surface area contributed by atoms with Crippen molar-refractivity contribution in [1.29, 1.82) is 0 Å². The fourth-order valence-corrected chi connectivity index (χ4v) is 2.26. The number of hydrogen-bond acceptors (Lipinski definition) is 6. The van der Waals surface area contributed by atoms with E-state index in [1.165, 1.54) is 7.11 Å². The van der Waals surface area contributed by atoms with Crippen molar-refractivity contribution >= 4 is 28.8 Å². The van der Waals surface area contributed by atoms with Crippen LogP contribution in [0.15, 0.2) is 24.3 Å². The van der Waals surface area contributed by atoms with Crippen molar-refractivity contribution in [3.05, 3.63) is 35.8 Å². The van der Waals surface area contributed by atoms with E-state index in [1.54, 1.807) is 0 Å². The summed E-state index contributed by atoms with van der Waals surface area (Å²) in [5.41, 5.74) is 2.61. The van der Waals surface area contributed by atoms with Crippen LogP contribution in [0.1, 0.15) is 29.7 Å². The van der Waals surface area contributed by atoms with E-state index in [2.05, 4.69) is 20.6 Å². The van der Waals surface area contributed by atoms with Gasteiger partial charge in [0.15, 0.2) is 11.5 Å². The van der Waals surface area contributed by atoms with E-state index in [1.807, 2.05) is 31.2 Å². The first-order valence-corrected chi connectivity index (χ1v) is 6.85. The van der Waals surface area contributed by atoms with Crippen molar-refractivity contribution in [3.63, 3.8) is 0 Å². The summed E-state index contributed by atoms with van der Waals surface area (Å²) in [4.78, 5) is 20.8. The second-order valence-electron chi connectivity index (χ2n) is 4.75. The standard InChI is InChI=1S/C15H16N4O2/c1-3-6-11-18-13(15(20)21-2)12-14(19-11)17-10-8-5-4-7-9(10)16-12/h4-5,7-8,16H,3,6H2,1-2H3,(H,17,18,19). The van der Waals surface area contributed by atoms with Gasteiger partial charge in [0.25, 0.3) is 0 Å². The lowest BCUT2D eigenvalue weighted by molar-refractivity contribution is 0.0594. The van der Waals surface area contributed by atoms with Gasteiger partial charge in [-0.25, -0.2) is 14.8 Å². The predicted molar refractivity (Wildman–Crippen MR) is 80.4 cm³/mol. The number of aromatic nitrogens is 2. The molecule has 0 saturated heterocycles. The Balaban J connectivity index is 2.11. The number of para-hydroxylation sites is 2. The van der Waals surface area contributed by atoms with Crippen LogP contribution < -0.4 is 10.6 Å². The van der Waals surface area contributed by atoms with Crippen LogP contribution in [0.3, 0.4) is 0 Å². The number of rotatable bonds is 3. The molecule has 1 aromatic carbocycles. The van der Waals surface area contributed by atoms with Gasteiger partial charge in [-0.1, -0.05) is 19.1 Å². The number of anilines is 4. The molecule has 0 atom stereocenters. The molecule has 6 nitrogen and oxygen atoms in total. The third kappa shape index (κ3) is 2.40. The second-order valence-corrected chi connectivity index (χ2v) is 4.75. The maximum Gasteiger partial charge on any atom is 0.359 e. The summed E-state index contributed by atoms with van der Waals surface area (Å²) in [7, 11) is 1.35. The van der Waals surface area contributed by atoms with E-state index in [0.717, 1.165) is 17.8 Å². The van der Waals surface area contributed by atoms with Gasteiger partial charge >= 0.3 is 5.97 Å². The summed E-state index contributed by atoms with van der Waals surface area (Å²) in [6.07, 6.45) is 1.62. The normalized spacial score (nSPS) is 11.7. The summed E-state index contributed by atoms with van der Waals surface area (Å²) >= 11 is 0. The van der Waals surface area contributed by atoms with Crippen molar-refractivity contribution in [2.75, 3.05) is 17.7 Å². The SMILES string of the molecule is CCCc1nc2c(c(C(=O)OC)n1)Nc1ccccc1N2. The summed E-state index contributed by atoms with van der Waals surface area (Å²) in [6, 6.07) is 7.73. The number of nitrogens with zero attached hydrogens (tertiary/aromatic N) is 2. The highest BCUT2D eigenvalue weighted by Crippen LogP contribution is 2.38. The Kier molecular flexibility index (Phi) is 3.43. The Morgan fingerprint density at radius 1 is 1.19 bits per heavy atom. The number of carbonyl (C=O) groups excluding carboxylic acids is 1. The van der Waals surface area contributed by atoms with E-state index >= 15 is 0 Å². The molecule has 0 aliphatic carbocycles. The van der Waals surface area contributed by atoms with E-state index < -0.39 is 5.97 Å². The largest absolute Gasteiger partial charge is 0.464 e. The first kappa shape index (κ1) is 13.4. The Bertz CT molecular complexity index is 700. The minimum Gasteiger partial charge on any atom is -0.464 e. The van der Waals surface area contributed by atoms with Gasteiger partial charge in [0, 0.05) is 6.42 Å². The average molecular weight is 284 g/mol. The van der Waals surface area contributed by atoms with Crippen molar-refractivity contribution in [3.8, 4) is 0 Å². The minimum atomic E-state index is -0.473. The van der Waals surface area contributed by atoms with Crippen molar-refractivity contribution < 1.29 is 9.53 Å². The van der Waals surface area contributed by atoms with Crippen LogP contribution in [0.4, 0.5) is 22.9 Å². The molecular weight excluding hydrogens is 268 g/mol. The Labute approximate surface area is 122 Å². The monoisotopic (exact) mass is 284 g/mol. The highest BCUT2D eigenvalue weighted by Gasteiger charge is 2.24. The number of fused-ring (bicyclic) bond motifs is 2. The Morgan fingerprint density at radius 2 is 1.90 bits per heavy atom. The molecule has 1 aliphatic rings. The van der Waals surface area contributed by atoms with Crippen molar-refractivity contribution in [2.45, 2.75) is 19.8 Å². The lowest BCUT2D eigenvalue weighted by atomic mass is 10.2. The summed E-state index contributed by atoms with van der Waals surface area (Å²) in [5.74, 6) is 0.762. The van der Waals surface area contributed by atoms with Crippen LogP contribution in [0.2, 0.25) is 0 Å². The number of hydrogen-bond donors (Lipinski definition) is 2. The molecule has 0 spiro atoms. The van der Waals surface area contributed by atoms with Gasteiger partial charge in [-0.2, -0.15) is 0 Å². The molecule has 1 aliphatic heterocycles. The molecule has 2 aromatic rings. The molecule has 21 heavy (non-hydrogen) atoms. The van der Waals surface area contributed by atoms with Gasteiger partial charge in [0.05, 0.1) is 18.5 Å². The fourth-order valence-electron chi connectivity index (χ4n) is 2.26. The Morgan fingerprint density at radius 3 is 2.57 bits per heavy atom. The third-order valence-electron chi connectivity index (χ3n) is 3.25. The molecule has 3 rings (SSSR count). The molecule has 0 radical (unpaired) electrons. The number of nitrogens with one attached hydrogen (secondary N) is 2. The Hall–Kier alpha value is -2.63. The second kappa shape index (κ2) is 5.40. The molecule has 1 aromatic heterocycles. The van der Waals surface area contributed by atoms with Gasteiger partial charge in [0.2, 0.25) is 0 Å². The maximum atomic E-state index is 12.0. The molecule has 2 N–H and O–H groups in total. The third-order valence-corrected chi connectivity index (χ3v) is 3.25. The molecule has 0 amide bonds. The van der Waals surface area contributed by atoms with Gasteiger partial charge in [-0.15, -0.1) is 0 Å². The predicted octanol–water partition coefficient (Wildman–Crippen LogP) is 3.02. The molecule has 6 heteroatoms. The smallest absolute Gasteiger partial charge is 0.359 e. The van der Waals surface area contributed by atoms with E-state index in [4.69, 9.17) is 4.74 Å². The number of carbonyl (C=O) groups is 1. The van der Waals surface area contributed by atoms with Crippen LogP contribution in [-0.2, 0) is 11.2 Å². The average Bonchev–Trinajstić information content (AvgIpc) is 2.52. The molecule has 0 bridgehead atoms. The molecule has 0 unspecified atom stereocenters. The fraction of sp³-hybridized carbons (Fsp3) is 0.267. The molecule has 0 saturated carbocycles. The van der Waals surface area contributed by atoms with Crippen LogP contribution >= 0.6 is 0 Å². The summed E-state index contributed by atoms with van der Waals surface area (Å²) in [5, 5.41) is 6.44. The quantitative estimate of drug-likeness (QED) is 0.720. The number of methoxy groups -OCH3 is 1. The van der Waals surface area contributed by atoms with Crippen LogP contribution in [0.25, 0.3) is 0 Å². The molecule has 0 fully saturated rings. The highest BCUT2D eigenvalue weighted by molar-refractivity contribution is 6.01. The number of benzene rings is 1. The molecule has 108 valence electrons. The number of aryl methyl sites for hydroxylation is 1. The van der Waals surface area contributed by atoms with Crippen LogP contribution in [0, 0.1) is 0 Å². The minimum absolute atomic E-state index is 0.257. The first-order valence-electron chi connectivity index (χ1n) is 6.85. The van der Waals surface area contributed by atoms with Crippen molar-refractivity contribution in [2.24, 2.45) is 0 Å². The topological polar surface area (TPSA) is 76.1 Å². The molecule has 2 heterocycles. The van der Waals surface area contributed by atoms with E-state index in [0.29, 0.717) is 23.8 Å². The van der Waals surface area contributed by atoms with E-state index in [-0.39, 0.29) is 5.69 Å². The van der Waals surface area contributed by atoms with Gasteiger partial charge in [-0.05, 0) is 18.6 Å². The maximum absolute atomic E-state index is 12.0. The highest BCUT2D eigenvalue weighted by atomic mass is 16.5. The summed E-state index contributed by atoms with van der Waals surface area (Å²) < 4.78 is 4.83. The number of ether oxygens (including phenoxy) is 1. The van der Waals surface area contributed by atoms with Gasteiger partial charge < -0.3 is 15.4 Å². The lowest BCUT2D eigenvalue weighted by Gasteiger charge is -2.23. The molecular formula is C15H16N4O2. The summed E-state index contributed by atoms with van der Waals surface area (Å²) in [6.45, 7) is 2.04. The van der Waals surface area contributed by atoms with Gasteiger partial charge in [-0.3, -0.25) is 0 Å². The first-order chi connectivity index (χ1) is 10.2. The lowest BCUT2D eigenvalue weighted by Crippen LogP contribution is -2.17. The van der Waals surface area contributed by atoms with Gasteiger partial charge in [0.1, 0.15) is 11.5 Å².